The molecule has 0 saturated heterocycles. The van der Waals surface area contributed by atoms with E-state index in [4.69, 9.17) is 11.6 Å². The van der Waals surface area contributed by atoms with Crippen LogP contribution in [0.15, 0.2) is 22.7 Å². The zero-order valence-electron chi connectivity index (χ0n) is 11.2. The Morgan fingerprint density at radius 1 is 1.35 bits per heavy atom. The lowest BCUT2D eigenvalue weighted by Crippen LogP contribution is -2.43. The quantitative estimate of drug-likeness (QED) is 0.717. The maximum atomic E-state index is 14.0. The molecule has 0 bridgehead atoms. The van der Waals surface area contributed by atoms with Crippen molar-refractivity contribution in [3.63, 3.8) is 0 Å². The fourth-order valence-electron chi connectivity index (χ4n) is 2.75. The maximum absolute atomic E-state index is 14.0. The van der Waals surface area contributed by atoms with Crippen LogP contribution in [-0.2, 0) is 0 Å². The molecule has 1 aliphatic carbocycles. The Hall–Kier alpha value is -0.610. The third-order valence-corrected chi connectivity index (χ3v) is 4.43. The largest absolute Gasteiger partial charge is 0.334 e. The Kier molecular flexibility index (Phi) is 5.85. The molecule has 0 atom stereocenters. The molecule has 1 saturated carbocycles. The van der Waals surface area contributed by atoms with Crippen molar-refractivity contribution >= 4 is 33.4 Å². The lowest BCUT2D eigenvalue weighted by molar-refractivity contribution is 0.0645. The van der Waals surface area contributed by atoms with Crippen molar-refractivity contribution in [2.75, 3.05) is 12.4 Å². The molecule has 5 heteroatoms. The van der Waals surface area contributed by atoms with E-state index in [1.165, 1.54) is 18.6 Å². The van der Waals surface area contributed by atoms with E-state index < -0.39 is 5.82 Å². The van der Waals surface area contributed by atoms with Crippen LogP contribution in [0.25, 0.3) is 0 Å². The number of halogens is 3. The van der Waals surface area contributed by atoms with Gasteiger partial charge in [0.2, 0.25) is 0 Å². The molecule has 0 radical (unpaired) electrons. The smallest absolute Gasteiger partial charge is 0.257 e. The van der Waals surface area contributed by atoms with Crippen molar-refractivity contribution < 1.29 is 9.18 Å². The van der Waals surface area contributed by atoms with Gasteiger partial charge in [0.15, 0.2) is 0 Å². The van der Waals surface area contributed by atoms with Crippen LogP contribution >= 0.6 is 27.5 Å². The van der Waals surface area contributed by atoms with Crippen molar-refractivity contribution in [2.24, 2.45) is 0 Å². The standard InChI is InChI=1S/C15H18BrClFNO/c16-11-6-7-13(14(18)10-11)15(20)19(9-8-17)12-4-2-1-3-5-12/h6-7,10,12H,1-5,8-9H2. The van der Waals surface area contributed by atoms with Crippen molar-refractivity contribution in [1.82, 2.24) is 4.90 Å². The molecule has 0 spiro atoms. The summed E-state index contributed by atoms with van der Waals surface area (Å²) in [5.41, 5.74) is 0.129. The molecule has 2 nitrogen and oxygen atoms in total. The first-order valence-electron chi connectivity index (χ1n) is 6.95. The molecule has 0 aromatic heterocycles. The highest BCUT2D eigenvalue weighted by molar-refractivity contribution is 9.10. The zero-order valence-corrected chi connectivity index (χ0v) is 13.6. The minimum absolute atomic E-state index is 0.129. The van der Waals surface area contributed by atoms with E-state index in [0.29, 0.717) is 16.9 Å². The zero-order chi connectivity index (χ0) is 14.5. The molecule has 0 aliphatic heterocycles. The Balaban J connectivity index is 2.21. The monoisotopic (exact) mass is 361 g/mol. The Bertz CT molecular complexity index is 477. The van der Waals surface area contributed by atoms with Gasteiger partial charge in [0.1, 0.15) is 5.82 Å². The van der Waals surface area contributed by atoms with Gasteiger partial charge in [0.25, 0.3) is 5.91 Å². The summed E-state index contributed by atoms with van der Waals surface area (Å²) >= 11 is 9.02. The van der Waals surface area contributed by atoms with Crippen LogP contribution in [0.2, 0.25) is 0 Å². The van der Waals surface area contributed by atoms with Gasteiger partial charge >= 0.3 is 0 Å². The number of nitrogens with zero attached hydrogens (tertiary/aromatic N) is 1. The Morgan fingerprint density at radius 3 is 2.65 bits per heavy atom. The molecule has 1 aromatic rings. The molecule has 1 aromatic carbocycles. The number of carbonyl (C=O) groups is 1. The molecular formula is C15H18BrClFNO. The summed E-state index contributed by atoms with van der Waals surface area (Å²) in [5.74, 6) is -0.359. The topological polar surface area (TPSA) is 20.3 Å². The summed E-state index contributed by atoms with van der Waals surface area (Å²) in [5, 5.41) is 0. The number of carbonyl (C=O) groups excluding carboxylic acids is 1. The van der Waals surface area contributed by atoms with Crippen LogP contribution in [0.5, 0.6) is 0 Å². The number of hydrogen-bond acceptors (Lipinski definition) is 1. The minimum Gasteiger partial charge on any atom is -0.334 e. The van der Waals surface area contributed by atoms with Gasteiger partial charge in [-0.25, -0.2) is 4.39 Å². The number of benzene rings is 1. The maximum Gasteiger partial charge on any atom is 0.257 e. The first-order valence-corrected chi connectivity index (χ1v) is 8.28. The molecule has 0 N–H and O–H groups in total. The van der Waals surface area contributed by atoms with Gasteiger partial charge < -0.3 is 4.90 Å². The fourth-order valence-corrected chi connectivity index (χ4v) is 3.27. The summed E-state index contributed by atoms with van der Waals surface area (Å²) in [7, 11) is 0. The minimum atomic E-state index is -0.486. The molecule has 20 heavy (non-hydrogen) atoms. The predicted molar refractivity (Wildman–Crippen MR) is 82.7 cm³/mol. The highest BCUT2D eigenvalue weighted by Crippen LogP contribution is 2.25. The third-order valence-electron chi connectivity index (χ3n) is 3.76. The van der Waals surface area contributed by atoms with Crippen LogP contribution < -0.4 is 0 Å². The predicted octanol–water partition coefficient (Wildman–Crippen LogP) is 4.60. The third kappa shape index (κ3) is 3.73. The van der Waals surface area contributed by atoms with Gasteiger partial charge in [-0.3, -0.25) is 4.79 Å². The van der Waals surface area contributed by atoms with Crippen LogP contribution in [0.4, 0.5) is 4.39 Å². The van der Waals surface area contributed by atoms with Crippen molar-refractivity contribution in [2.45, 2.75) is 38.1 Å². The second kappa shape index (κ2) is 7.41. The summed E-state index contributed by atoms with van der Waals surface area (Å²) in [6.45, 7) is 0.473. The number of amides is 1. The second-order valence-electron chi connectivity index (χ2n) is 5.10. The van der Waals surface area contributed by atoms with E-state index in [-0.39, 0.29) is 17.5 Å². The van der Waals surface area contributed by atoms with E-state index in [2.05, 4.69) is 15.9 Å². The van der Waals surface area contributed by atoms with E-state index in [1.54, 1.807) is 11.0 Å². The molecular weight excluding hydrogens is 345 g/mol. The van der Waals surface area contributed by atoms with Gasteiger partial charge in [-0.2, -0.15) is 0 Å². The highest BCUT2D eigenvalue weighted by Gasteiger charge is 2.27. The normalized spacial score (nSPS) is 16.1. The van der Waals surface area contributed by atoms with Gasteiger partial charge in [0, 0.05) is 22.9 Å². The van der Waals surface area contributed by atoms with Crippen molar-refractivity contribution in [3.05, 3.63) is 34.1 Å². The Morgan fingerprint density at radius 2 is 2.05 bits per heavy atom. The van der Waals surface area contributed by atoms with E-state index in [1.807, 2.05) is 0 Å². The lowest BCUT2D eigenvalue weighted by Gasteiger charge is -2.34. The van der Waals surface area contributed by atoms with Gasteiger partial charge in [-0.05, 0) is 31.0 Å². The first kappa shape index (κ1) is 15.8. The summed E-state index contributed by atoms with van der Waals surface area (Å²) in [6.07, 6.45) is 5.44. The lowest BCUT2D eigenvalue weighted by atomic mass is 9.93. The number of hydrogen-bond donors (Lipinski definition) is 0. The van der Waals surface area contributed by atoms with Gasteiger partial charge in [-0.1, -0.05) is 35.2 Å². The van der Waals surface area contributed by atoms with Crippen LogP contribution in [-0.4, -0.2) is 29.3 Å². The summed E-state index contributed by atoms with van der Waals surface area (Å²) < 4.78 is 14.6. The van der Waals surface area contributed by atoms with Gasteiger partial charge in [0.05, 0.1) is 5.56 Å². The highest BCUT2D eigenvalue weighted by atomic mass is 79.9. The summed E-state index contributed by atoms with van der Waals surface area (Å²) in [6, 6.07) is 4.74. The van der Waals surface area contributed by atoms with Crippen LogP contribution in [0.3, 0.4) is 0 Å². The average Bonchev–Trinajstić information content (AvgIpc) is 2.45. The Labute approximate surface area is 132 Å². The fraction of sp³-hybridized carbons (Fsp3) is 0.533. The van der Waals surface area contributed by atoms with E-state index >= 15 is 0 Å². The molecule has 1 fully saturated rings. The molecule has 0 heterocycles. The molecule has 1 amide bonds. The van der Waals surface area contributed by atoms with Gasteiger partial charge in [-0.15, -0.1) is 11.6 Å². The van der Waals surface area contributed by atoms with Crippen LogP contribution in [0.1, 0.15) is 42.5 Å². The second-order valence-corrected chi connectivity index (χ2v) is 6.40. The number of alkyl halides is 1. The summed E-state index contributed by atoms with van der Waals surface area (Å²) in [4.78, 5) is 14.3. The van der Waals surface area contributed by atoms with E-state index in [9.17, 15) is 9.18 Å². The van der Waals surface area contributed by atoms with Crippen molar-refractivity contribution in [1.29, 1.82) is 0 Å². The molecule has 2 rings (SSSR count). The molecule has 1 aliphatic rings. The average molecular weight is 363 g/mol. The molecule has 110 valence electrons. The first-order chi connectivity index (χ1) is 9.63. The number of rotatable bonds is 4. The SMILES string of the molecule is O=C(c1ccc(Br)cc1F)N(CCCl)C1CCCCC1. The van der Waals surface area contributed by atoms with E-state index in [0.717, 1.165) is 25.7 Å². The molecule has 0 unspecified atom stereocenters. The van der Waals surface area contributed by atoms with Crippen LogP contribution in [0, 0.1) is 5.82 Å². The van der Waals surface area contributed by atoms with Crippen molar-refractivity contribution in [3.8, 4) is 0 Å².